The van der Waals surface area contributed by atoms with E-state index in [4.69, 9.17) is 0 Å². The van der Waals surface area contributed by atoms with Crippen LogP contribution in [0.25, 0.3) is 10.9 Å². The number of H-pyrrole nitrogens is 1. The van der Waals surface area contributed by atoms with Crippen LogP contribution in [0.4, 0.5) is 0 Å². The van der Waals surface area contributed by atoms with E-state index in [0.29, 0.717) is 0 Å². The average Bonchev–Trinajstić information content (AvgIpc) is 3.07. The third kappa shape index (κ3) is 3.72. The van der Waals surface area contributed by atoms with Crippen molar-refractivity contribution in [3.8, 4) is 0 Å². The first-order chi connectivity index (χ1) is 13.1. The molecule has 0 aliphatic carbocycles. The molecule has 0 bridgehead atoms. The summed E-state index contributed by atoms with van der Waals surface area (Å²) in [6, 6.07) is 9.52. The molecule has 3 heterocycles. The lowest BCUT2D eigenvalue weighted by atomic mass is 10.0. The number of pyridine rings is 1. The molecule has 0 unspecified atom stereocenters. The highest BCUT2D eigenvalue weighted by Gasteiger charge is 2.32. The zero-order chi connectivity index (χ0) is 18.8. The number of rotatable bonds is 5. The van der Waals surface area contributed by atoms with Gasteiger partial charge in [-0.1, -0.05) is 17.7 Å². The van der Waals surface area contributed by atoms with Crippen LogP contribution in [-0.2, 0) is 11.3 Å². The van der Waals surface area contributed by atoms with Gasteiger partial charge in [-0.25, -0.2) is 0 Å². The fourth-order valence-electron chi connectivity index (χ4n) is 3.90. The van der Waals surface area contributed by atoms with Crippen molar-refractivity contribution in [2.45, 2.75) is 19.5 Å². The van der Waals surface area contributed by atoms with Crippen LogP contribution in [0, 0.1) is 6.92 Å². The molecular weight excluding hydrogens is 340 g/mol. The first-order valence-electron chi connectivity index (χ1n) is 9.27. The number of aliphatic carboxylic acids is 1. The molecule has 3 aromatic rings. The Bertz CT molecular complexity index is 930. The average molecular weight is 364 g/mol. The van der Waals surface area contributed by atoms with Crippen molar-refractivity contribution in [1.29, 1.82) is 0 Å². The van der Waals surface area contributed by atoms with Crippen molar-refractivity contribution in [2.24, 2.45) is 0 Å². The summed E-state index contributed by atoms with van der Waals surface area (Å²) in [5.74, 6) is -0.793. The zero-order valence-corrected chi connectivity index (χ0v) is 15.4. The third-order valence-corrected chi connectivity index (χ3v) is 5.30. The number of aromatic amines is 1. The lowest BCUT2D eigenvalue weighted by molar-refractivity contribution is -0.144. The van der Waals surface area contributed by atoms with Crippen LogP contribution in [0.15, 0.2) is 48.9 Å². The minimum Gasteiger partial charge on any atom is -0.480 e. The van der Waals surface area contributed by atoms with Crippen LogP contribution in [0.2, 0.25) is 0 Å². The monoisotopic (exact) mass is 364 g/mol. The minimum absolute atomic E-state index is 0.624. The molecule has 2 aromatic heterocycles. The van der Waals surface area contributed by atoms with Crippen LogP contribution in [-0.4, -0.2) is 57.0 Å². The number of carboxylic acid groups (broad SMARTS) is 1. The van der Waals surface area contributed by atoms with E-state index in [1.807, 2.05) is 37.5 Å². The fraction of sp³-hybridized carbons (Fsp3) is 0.333. The van der Waals surface area contributed by atoms with Crippen molar-refractivity contribution in [1.82, 2.24) is 19.8 Å². The number of benzene rings is 1. The van der Waals surface area contributed by atoms with Crippen molar-refractivity contribution in [3.63, 3.8) is 0 Å². The van der Waals surface area contributed by atoms with E-state index in [9.17, 15) is 9.90 Å². The normalized spacial score (nSPS) is 17.2. The number of aromatic nitrogens is 2. The molecule has 0 spiro atoms. The Labute approximate surface area is 158 Å². The quantitative estimate of drug-likeness (QED) is 0.728. The SMILES string of the molecule is Cc1ccc2[nH]cc([C@H](C(=O)O)N3CCN(Cc4cccnc4)CC3)c2c1. The first-order valence-corrected chi connectivity index (χ1v) is 9.27. The standard InChI is InChI=1S/C21H24N4O2/c1-15-4-5-19-17(11-15)18(13-23-19)20(21(26)27)25-9-7-24(8-10-25)14-16-3-2-6-22-12-16/h2-6,11-13,20,23H,7-10,14H2,1H3,(H,26,27)/t20-/m1/s1. The van der Waals surface area contributed by atoms with Crippen molar-refractivity contribution < 1.29 is 9.90 Å². The summed E-state index contributed by atoms with van der Waals surface area (Å²) in [6.07, 6.45) is 5.52. The molecule has 0 amide bonds. The predicted molar refractivity (Wildman–Crippen MR) is 104 cm³/mol. The Kier molecular flexibility index (Phi) is 4.92. The number of nitrogens with zero attached hydrogens (tertiary/aromatic N) is 3. The summed E-state index contributed by atoms with van der Waals surface area (Å²) in [5.41, 5.74) is 4.15. The molecule has 1 aromatic carbocycles. The molecule has 1 aliphatic heterocycles. The molecule has 6 nitrogen and oxygen atoms in total. The van der Waals surface area contributed by atoms with Gasteiger partial charge in [-0.2, -0.15) is 0 Å². The molecule has 0 radical (unpaired) electrons. The second-order valence-electron chi connectivity index (χ2n) is 7.21. The van der Waals surface area contributed by atoms with E-state index in [2.05, 4.69) is 31.9 Å². The summed E-state index contributed by atoms with van der Waals surface area (Å²) in [4.78, 5) is 23.9. The lowest BCUT2D eigenvalue weighted by Crippen LogP contribution is -2.48. The Balaban J connectivity index is 1.50. The minimum atomic E-state index is -0.793. The number of carbonyl (C=O) groups is 1. The highest BCUT2D eigenvalue weighted by Crippen LogP contribution is 2.30. The van der Waals surface area contributed by atoms with E-state index in [-0.39, 0.29) is 0 Å². The largest absolute Gasteiger partial charge is 0.480 e. The molecule has 27 heavy (non-hydrogen) atoms. The summed E-state index contributed by atoms with van der Waals surface area (Å²) in [7, 11) is 0. The molecule has 140 valence electrons. The van der Waals surface area contributed by atoms with Crippen LogP contribution in [0.5, 0.6) is 0 Å². The van der Waals surface area contributed by atoms with Crippen molar-refractivity contribution >= 4 is 16.9 Å². The fourth-order valence-corrected chi connectivity index (χ4v) is 3.90. The van der Waals surface area contributed by atoms with E-state index in [0.717, 1.165) is 54.8 Å². The summed E-state index contributed by atoms with van der Waals surface area (Å²) >= 11 is 0. The molecule has 6 heteroatoms. The highest BCUT2D eigenvalue weighted by molar-refractivity contribution is 5.89. The number of piperazine rings is 1. The smallest absolute Gasteiger partial charge is 0.325 e. The van der Waals surface area contributed by atoms with E-state index in [1.54, 1.807) is 6.20 Å². The van der Waals surface area contributed by atoms with E-state index in [1.165, 1.54) is 5.56 Å². The lowest BCUT2D eigenvalue weighted by Gasteiger charge is -2.37. The Morgan fingerprint density at radius 1 is 1.26 bits per heavy atom. The maximum Gasteiger partial charge on any atom is 0.325 e. The van der Waals surface area contributed by atoms with Gasteiger partial charge in [0.1, 0.15) is 6.04 Å². The van der Waals surface area contributed by atoms with Gasteiger partial charge in [-0.05, 0) is 30.7 Å². The Morgan fingerprint density at radius 2 is 2.07 bits per heavy atom. The van der Waals surface area contributed by atoms with Crippen molar-refractivity contribution in [2.75, 3.05) is 26.2 Å². The zero-order valence-electron chi connectivity index (χ0n) is 15.4. The summed E-state index contributed by atoms with van der Waals surface area (Å²) in [6.45, 7) is 6.04. The van der Waals surface area contributed by atoms with E-state index < -0.39 is 12.0 Å². The van der Waals surface area contributed by atoms with Crippen LogP contribution in [0.1, 0.15) is 22.7 Å². The van der Waals surface area contributed by atoms with Gasteiger partial charge in [0.25, 0.3) is 0 Å². The van der Waals surface area contributed by atoms with Gasteiger partial charge < -0.3 is 10.1 Å². The summed E-state index contributed by atoms with van der Waals surface area (Å²) in [5, 5.41) is 10.9. The van der Waals surface area contributed by atoms with Crippen LogP contribution < -0.4 is 0 Å². The number of aryl methyl sites for hydroxylation is 1. The molecule has 1 atom stereocenters. The van der Waals surface area contributed by atoms with Crippen molar-refractivity contribution in [3.05, 3.63) is 65.6 Å². The molecular formula is C21H24N4O2. The van der Waals surface area contributed by atoms with Gasteiger partial charge in [0.2, 0.25) is 0 Å². The van der Waals surface area contributed by atoms with Gasteiger partial charge in [0, 0.05) is 67.8 Å². The number of fused-ring (bicyclic) bond motifs is 1. The first kappa shape index (κ1) is 17.7. The third-order valence-electron chi connectivity index (χ3n) is 5.30. The van der Waals surface area contributed by atoms with Crippen LogP contribution >= 0.6 is 0 Å². The van der Waals surface area contributed by atoms with Gasteiger partial charge in [-0.15, -0.1) is 0 Å². The number of nitrogens with one attached hydrogen (secondary N) is 1. The van der Waals surface area contributed by atoms with E-state index >= 15 is 0 Å². The molecule has 4 rings (SSSR count). The highest BCUT2D eigenvalue weighted by atomic mass is 16.4. The Morgan fingerprint density at radius 3 is 2.78 bits per heavy atom. The van der Waals surface area contributed by atoms with Gasteiger partial charge in [-0.3, -0.25) is 19.6 Å². The predicted octanol–water partition coefficient (Wildman–Crippen LogP) is 2.81. The van der Waals surface area contributed by atoms with Gasteiger partial charge >= 0.3 is 5.97 Å². The summed E-state index contributed by atoms with van der Waals surface area (Å²) < 4.78 is 0. The molecule has 2 N–H and O–H groups in total. The maximum atomic E-state index is 12.1. The molecule has 0 saturated carbocycles. The number of hydrogen-bond donors (Lipinski definition) is 2. The maximum absolute atomic E-state index is 12.1. The molecule has 1 saturated heterocycles. The molecule has 1 aliphatic rings. The second-order valence-corrected chi connectivity index (χ2v) is 7.21. The Hall–Kier alpha value is -2.70. The number of hydrogen-bond acceptors (Lipinski definition) is 4. The topological polar surface area (TPSA) is 72.5 Å². The molecule has 1 fully saturated rings. The number of carboxylic acids is 1. The second kappa shape index (κ2) is 7.50. The van der Waals surface area contributed by atoms with Gasteiger partial charge in [0.05, 0.1) is 0 Å². The van der Waals surface area contributed by atoms with Gasteiger partial charge in [0.15, 0.2) is 0 Å². The van der Waals surface area contributed by atoms with Crippen LogP contribution in [0.3, 0.4) is 0 Å².